The van der Waals surface area contributed by atoms with Gasteiger partial charge in [-0.3, -0.25) is 0 Å². The van der Waals surface area contributed by atoms with E-state index in [0.717, 1.165) is 21.9 Å². The highest BCUT2D eigenvalue weighted by Gasteiger charge is 2.01. The van der Waals surface area contributed by atoms with E-state index in [4.69, 9.17) is 10.5 Å². The summed E-state index contributed by atoms with van der Waals surface area (Å²) in [5.41, 5.74) is 6.23. The third-order valence-electron chi connectivity index (χ3n) is 1.35. The molecule has 1 rings (SSSR count). The van der Waals surface area contributed by atoms with Crippen LogP contribution in [0.4, 0.5) is 5.69 Å². The van der Waals surface area contributed by atoms with E-state index in [-0.39, 0.29) is 0 Å². The maximum Gasteiger partial charge on any atom is 0.110 e. The Morgan fingerprint density at radius 3 is 3.08 bits per heavy atom. The number of thioether (sulfide) groups is 1. The Hall–Kier alpha value is -0.260. The second-order valence-electron chi connectivity index (χ2n) is 2.40. The summed E-state index contributed by atoms with van der Waals surface area (Å²) in [7, 11) is 1.69. The minimum absolute atomic E-state index is 0.669. The van der Waals surface area contributed by atoms with Gasteiger partial charge in [0.15, 0.2) is 0 Å². The highest BCUT2D eigenvalue weighted by atomic mass is 79.9. The molecule has 2 N–H and O–H groups in total. The molecule has 1 aromatic rings. The number of nitrogens with two attached hydrogens (primary N) is 1. The molecule has 0 radical (unpaired) electrons. The summed E-state index contributed by atoms with van der Waals surface area (Å²) in [5, 5.41) is 0.950. The largest absolute Gasteiger partial charge is 0.397 e. The topological polar surface area (TPSA) is 48.1 Å². The average molecular weight is 263 g/mol. The van der Waals surface area contributed by atoms with Crippen LogP contribution in [0.25, 0.3) is 0 Å². The maximum atomic E-state index is 5.56. The molecule has 0 spiro atoms. The molecular weight excluding hydrogens is 252 g/mol. The third kappa shape index (κ3) is 3.54. The summed E-state index contributed by atoms with van der Waals surface area (Å²) < 4.78 is 5.88. The van der Waals surface area contributed by atoms with Crippen LogP contribution in [0.3, 0.4) is 0 Å². The molecule has 5 heteroatoms. The smallest absolute Gasteiger partial charge is 0.110 e. The number of methoxy groups -OCH3 is 1. The number of hydrogen-bond acceptors (Lipinski definition) is 4. The van der Waals surface area contributed by atoms with E-state index in [1.54, 1.807) is 25.1 Å². The van der Waals surface area contributed by atoms with E-state index in [9.17, 15) is 0 Å². The first-order valence-corrected chi connectivity index (χ1v) is 5.54. The summed E-state index contributed by atoms with van der Waals surface area (Å²) in [4.78, 5) is 4.19. The molecule has 0 aromatic carbocycles. The molecule has 0 unspecified atom stereocenters. The predicted molar refractivity (Wildman–Crippen MR) is 58.9 cm³/mol. The number of nitrogens with zero attached hydrogens (tertiary/aromatic N) is 1. The first-order valence-electron chi connectivity index (χ1n) is 3.77. The van der Waals surface area contributed by atoms with Crippen molar-refractivity contribution in [2.75, 3.05) is 25.2 Å². The van der Waals surface area contributed by atoms with Gasteiger partial charge in [-0.05, 0) is 22.0 Å². The lowest BCUT2D eigenvalue weighted by molar-refractivity contribution is 0.218. The van der Waals surface area contributed by atoms with Crippen LogP contribution in [0.15, 0.2) is 21.8 Å². The van der Waals surface area contributed by atoms with Crippen molar-refractivity contribution in [2.45, 2.75) is 5.03 Å². The van der Waals surface area contributed by atoms with E-state index in [0.29, 0.717) is 5.69 Å². The average Bonchev–Trinajstić information content (AvgIpc) is 2.09. The number of rotatable bonds is 4. The Labute approximate surface area is 90.2 Å². The molecule has 0 fully saturated rings. The first-order chi connectivity index (χ1) is 6.24. The standard InChI is InChI=1S/C8H11BrN2OS/c1-12-2-3-13-8-7(9)4-6(10)5-11-8/h4-5H,2-3,10H2,1H3. The Bertz CT molecular complexity index is 283. The molecule has 0 aliphatic rings. The van der Waals surface area contributed by atoms with Crippen molar-refractivity contribution in [2.24, 2.45) is 0 Å². The lowest BCUT2D eigenvalue weighted by Gasteiger charge is -2.03. The van der Waals surface area contributed by atoms with Crippen LogP contribution in [-0.2, 0) is 4.74 Å². The van der Waals surface area contributed by atoms with E-state index in [1.807, 2.05) is 6.07 Å². The molecule has 1 aromatic heterocycles. The Kier molecular flexibility index (Phi) is 4.55. The van der Waals surface area contributed by atoms with Gasteiger partial charge in [-0.15, -0.1) is 11.8 Å². The third-order valence-corrected chi connectivity index (χ3v) is 3.19. The maximum absolute atomic E-state index is 5.56. The van der Waals surface area contributed by atoms with Gasteiger partial charge in [-0.2, -0.15) is 0 Å². The fourth-order valence-electron chi connectivity index (χ4n) is 0.768. The van der Waals surface area contributed by atoms with Crippen LogP contribution in [-0.4, -0.2) is 24.5 Å². The summed E-state index contributed by atoms with van der Waals surface area (Å²) in [5.74, 6) is 0.895. The molecule has 0 amide bonds. The van der Waals surface area contributed by atoms with Crippen LogP contribution in [0.1, 0.15) is 0 Å². The van der Waals surface area contributed by atoms with Gasteiger partial charge < -0.3 is 10.5 Å². The highest BCUT2D eigenvalue weighted by molar-refractivity contribution is 9.10. The monoisotopic (exact) mass is 262 g/mol. The molecule has 72 valence electrons. The van der Waals surface area contributed by atoms with Crippen molar-refractivity contribution < 1.29 is 4.74 Å². The summed E-state index contributed by atoms with van der Waals surface area (Å²) >= 11 is 5.04. The molecule has 0 aliphatic heterocycles. The van der Waals surface area contributed by atoms with Gasteiger partial charge in [0.25, 0.3) is 0 Å². The molecule has 3 nitrogen and oxygen atoms in total. The first kappa shape index (κ1) is 10.8. The number of hydrogen-bond donors (Lipinski definition) is 1. The molecule has 0 aliphatic carbocycles. The minimum atomic E-state index is 0.669. The molecule has 13 heavy (non-hydrogen) atoms. The lowest BCUT2D eigenvalue weighted by Crippen LogP contribution is -1.94. The fourth-order valence-corrected chi connectivity index (χ4v) is 2.25. The van der Waals surface area contributed by atoms with Gasteiger partial charge in [0, 0.05) is 12.9 Å². The van der Waals surface area contributed by atoms with Crippen molar-refractivity contribution in [1.29, 1.82) is 0 Å². The second-order valence-corrected chi connectivity index (χ2v) is 4.33. The number of nitrogen functional groups attached to an aromatic ring is 1. The van der Waals surface area contributed by atoms with Crippen molar-refractivity contribution in [3.63, 3.8) is 0 Å². The second kappa shape index (κ2) is 5.47. The van der Waals surface area contributed by atoms with Crippen molar-refractivity contribution >= 4 is 33.4 Å². The van der Waals surface area contributed by atoms with Crippen LogP contribution in [0.2, 0.25) is 0 Å². The molecule has 1 heterocycles. The van der Waals surface area contributed by atoms with Gasteiger partial charge in [0.2, 0.25) is 0 Å². The lowest BCUT2D eigenvalue weighted by atomic mass is 10.4. The van der Waals surface area contributed by atoms with Crippen LogP contribution < -0.4 is 5.73 Å². The summed E-state index contributed by atoms with van der Waals surface area (Å²) in [6.07, 6.45) is 1.65. The van der Waals surface area contributed by atoms with Gasteiger partial charge >= 0.3 is 0 Å². The Morgan fingerprint density at radius 2 is 2.46 bits per heavy atom. The fraction of sp³-hybridized carbons (Fsp3) is 0.375. The zero-order chi connectivity index (χ0) is 9.68. The predicted octanol–water partition coefficient (Wildman–Crippen LogP) is 2.16. The number of ether oxygens (including phenoxy) is 1. The van der Waals surface area contributed by atoms with Crippen LogP contribution >= 0.6 is 27.7 Å². The normalized spacial score (nSPS) is 10.3. The summed E-state index contributed by atoms with van der Waals surface area (Å²) in [6.45, 7) is 0.725. The van der Waals surface area contributed by atoms with Crippen molar-refractivity contribution in [3.8, 4) is 0 Å². The van der Waals surface area contributed by atoms with Crippen molar-refractivity contribution in [1.82, 2.24) is 4.98 Å². The molecule has 0 atom stereocenters. The highest BCUT2D eigenvalue weighted by Crippen LogP contribution is 2.26. The van der Waals surface area contributed by atoms with E-state index in [1.165, 1.54) is 0 Å². The molecular formula is C8H11BrN2OS. The van der Waals surface area contributed by atoms with Gasteiger partial charge in [-0.1, -0.05) is 0 Å². The zero-order valence-electron chi connectivity index (χ0n) is 7.29. The molecule has 0 bridgehead atoms. The number of aromatic nitrogens is 1. The summed E-state index contributed by atoms with van der Waals surface area (Å²) in [6, 6.07) is 1.85. The number of anilines is 1. The van der Waals surface area contributed by atoms with Crippen LogP contribution in [0, 0.1) is 0 Å². The van der Waals surface area contributed by atoms with E-state index in [2.05, 4.69) is 20.9 Å². The minimum Gasteiger partial charge on any atom is -0.397 e. The zero-order valence-corrected chi connectivity index (χ0v) is 9.69. The number of pyridine rings is 1. The molecule has 0 saturated carbocycles. The van der Waals surface area contributed by atoms with Gasteiger partial charge in [-0.25, -0.2) is 4.98 Å². The van der Waals surface area contributed by atoms with Gasteiger partial charge in [0.1, 0.15) is 5.03 Å². The van der Waals surface area contributed by atoms with Gasteiger partial charge in [0.05, 0.1) is 23.0 Å². The number of halogens is 1. The van der Waals surface area contributed by atoms with Crippen LogP contribution in [0.5, 0.6) is 0 Å². The Balaban J connectivity index is 2.56. The van der Waals surface area contributed by atoms with Crippen molar-refractivity contribution in [3.05, 3.63) is 16.7 Å². The quantitative estimate of drug-likeness (QED) is 0.668. The molecule has 0 saturated heterocycles. The van der Waals surface area contributed by atoms with E-state index >= 15 is 0 Å². The van der Waals surface area contributed by atoms with E-state index < -0.39 is 0 Å². The Morgan fingerprint density at radius 1 is 1.69 bits per heavy atom. The SMILES string of the molecule is COCCSc1ncc(N)cc1Br.